The zero-order valence-corrected chi connectivity index (χ0v) is 19.6. The number of carbonyl (C=O) groups is 1. The van der Waals surface area contributed by atoms with Gasteiger partial charge in [-0.3, -0.25) is 4.98 Å². The molecular formula is C26H24N4O3S. The zero-order valence-electron chi connectivity index (χ0n) is 18.8. The van der Waals surface area contributed by atoms with Gasteiger partial charge in [-0.25, -0.2) is 4.79 Å². The molecule has 1 aromatic carbocycles. The average Bonchev–Trinajstić information content (AvgIpc) is 3.54. The number of nitrogens with one attached hydrogen (secondary N) is 1. The molecule has 0 radical (unpaired) electrons. The Hall–Kier alpha value is -3.91. The molecule has 1 aliphatic rings. The molecule has 1 fully saturated rings. The molecule has 3 aromatic heterocycles. The van der Waals surface area contributed by atoms with Crippen LogP contribution < -0.4 is 5.32 Å². The fraction of sp³-hybridized carbons (Fsp3) is 0.192. The van der Waals surface area contributed by atoms with Crippen molar-refractivity contribution in [2.24, 2.45) is 0 Å². The van der Waals surface area contributed by atoms with Crippen LogP contribution in [0, 0.1) is 13.8 Å². The SMILES string of the molecule is Cc1cc(C2C(c3ccccn3)NC(=S)N2Cc2ccco2)c(C)n1-c1ccc(C(=O)O)cc1. The summed E-state index contributed by atoms with van der Waals surface area (Å²) in [5.41, 5.74) is 5.30. The molecule has 4 aromatic rings. The number of pyridine rings is 1. The molecule has 7 nitrogen and oxygen atoms in total. The molecule has 34 heavy (non-hydrogen) atoms. The molecule has 0 aliphatic carbocycles. The quantitative estimate of drug-likeness (QED) is 0.384. The Morgan fingerprint density at radius 3 is 2.59 bits per heavy atom. The topological polar surface area (TPSA) is 83.5 Å². The number of nitrogens with zero attached hydrogens (tertiary/aromatic N) is 3. The Bertz CT molecular complexity index is 1330. The van der Waals surface area contributed by atoms with Crippen molar-refractivity contribution in [2.75, 3.05) is 0 Å². The van der Waals surface area contributed by atoms with E-state index in [1.807, 2.05) is 42.5 Å². The minimum Gasteiger partial charge on any atom is -0.478 e. The molecular weight excluding hydrogens is 448 g/mol. The average molecular weight is 473 g/mol. The van der Waals surface area contributed by atoms with Crippen molar-refractivity contribution in [3.63, 3.8) is 0 Å². The highest BCUT2D eigenvalue weighted by molar-refractivity contribution is 7.80. The summed E-state index contributed by atoms with van der Waals surface area (Å²) in [4.78, 5) is 18.0. The summed E-state index contributed by atoms with van der Waals surface area (Å²) in [6.45, 7) is 4.66. The van der Waals surface area contributed by atoms with Gasteiger partial charge < -0.3 is 24.3 Å². The van der Waals surface area contributed by atoms with E-state index in [2.05, 4.69) is 39.7 Å². The number of aryl methyl sites for hydroxylation is 1. The number of benzene rings is 1. The first-order valence-corrected chi connectivity index (χ1v) is 11.4. The molecule has 4 heterocycles. The third-order valence-electron chi connectivity index (χ3n) is 6.27. The van der Waals surface area contributed by atoms with Gasteiger partial charge in [0.25, 0.3) is 0 Å². The van der Waals surface area contributed by atoms with Crippen LogP contribution in [-0.4, -0.2) is 30.6 Å². The van der Waals surface area contributed by atoms with Crippen molar-refractivity contribution in [1.82, 2.24) is 19.8 Å². The van der Waals surface area contributed by atoms with Crippen LogP contribution >= 0.6 is 12.2 Å². The van der Waals surface area contributed by atoms with Crippen LogP contribution in [-0.2, 0) is 6.54 Å². The highest BCUT2D eigenvalue weighted by atomic mass is 32.1. The van der Waals surface area contributed by atoms with Gasteiger partial charge in [0.2, 0.25) is 0 Å². The Morgan fingerprint density at radius 1 is 1.15 bits per heavy atom. The van der Waals surface area contributed by atoms with E-state index in [4.69, 9.17) is 16.6 Å². The third-order valence-corrected chi connectivity index (χ3v) is 6.62. The number of hydrogen-bond donors (Lipinski definition) is 2. The minimum absolute atomic E-state index is 0.106. The van der Waals surface area contributed by atoms with Gasteiger partial charge in [-0.2, -0.15) is 0 Å². The third kappa shape index (κ3) is 3.86. The first-order valence-electron chi connectivity index (χ1n) is 11.0. The number of rotatable bonds is 6. The van der Waals surface area contributed by atoms with Gasteiger partial charge in [-0.1, -0.05) is 6.07 Å². The summed E-state index contributed by atoms with van der Waals surface area (Å²) in [7, 11) is 0. The Morgan fingerprint density at radius 2 is 1.94 bits per heavy atom. The van der Waals surface area contributed by atoms with Crippen molar-refractivity contribution < 1.29 is 14.3 Å². The lowest BCUT2D eigenvalue weighted by atomic mass is 9.96. The van der Waals surface area contributed by atoms with E-state index in [-0.39, 0.29) is 17.6 Å². The maximum absolute atomic E-state index is 11.3. The van der Waals surface area contributed by atoms with Crippen LogP contribution in [0.25, 0.3) is 5.69 Å². The van der Waals surface area contributed by atoms with Gasteiger partial charge in [0.15, 0.2) is 5.11 Å². The van der Waals surface area contributed by atoms with Gasteiger partial charge in [0, 0.05) is 23.3 Å². The van der Waals surface area contributed by atoms with Crippen LogP contribution in [0.4, 0.5) is 0 Å². The molecule has 1 aliphatic heterocycles. The zero-order chi connectivity index (χ0) is 23.8. The van der Waals surface area contributed by atoms with E-state index >= 15 is 0 Å². The number of hydrogen-bond acceptors (Lipinski definition) is 4. The van der Waals surface area contributed by atoms with Gasteiger partial charge in [0.05, 0.1) is 36.1 Å². The lowest BCUT2D eigenvalue weighted by molar-refractivity contribution is 0.0697. The van der Waals surface area contributed by atoms with Gasteiger partial charge in [-0.05, 0) is 86.2 Å². The molecule has 0 saturated carbocycles. The van der Waals surface area contributed by atoms with E-state index in [1.54, 1.807) is 24.6 Å². The van der Waals surface area contributed by atoms with Crippen molar-refractivity contribution in [3.8, 4) is 5.69 Å². The van der Waals surface area contributed by atoms with Gasteiger partial charge >= 0.3 is 5.97 Å². The minimum atomic E-state index is -0.939. The second-order valence-electron chi connectivity index (χ2n) is 8.35. The molecule has 2 atom stereocenters. The summed E-state index contributed by atoms with van der Waals surface area (Å²) in [5, 5.41) is 13.4. The molecule has 2 unspecified atom stereocenters. The summed E-state index contributed by atoms with van der Waals surface area (Å²) in [6.07, 6.45) is 3.46. The molecule has 1 saturated heterocycles. The molecule has 172 valence electrons. The number of aromatic carboxylic acids is 1. The smallest absolute Gasteiger partial charge is 0.335 e. The van der Waals surface area contributed by atoms with Crippen molar-refractivity contribution >= 4 is 23.3 Å². The maximum atomic E-state index is 11.3. The molecule has 8 heteroatoms. The highest BCUT2D eigenvalue weighted by Gasteiger charge is 2.41. The molecule has 0 spiro atoms. The van der Waals surface area contributed by atoms with Gasteiger partial charge in [-0.15, -0.1) is 0 Å². The summed E-state index contributed by atoms with van der Waals surface area (Å²) < 4.78 is 7.77. The second kappa shape index (κ2) is 8.79. The Labute approximate surface area is 202 Å². The highest BCUT2D eigenvalue weighted by Crippen LogP contribution is 2.42. The van der Waals surface area contributed by atoms with Crippen LogP contribution in [0.3, 0.4) is 0 Å². The number of carboxylic acids is 1. The van der Waals surface area contributed by atoms with Crippen molar-refractivity contribution in [2.45, 2.75) is 32.5 Å². The largest absolute Gasteiger partial charge is 0.478 e. The van der Waals surface area contributed by atoms with Gasteiger partial charge in [0.1, 0.15) is 5.76 Å². The van der Waals surface area contributed by atoms with Crippen molar-refractivity contribution in [1.29, 1.82) is 0 Å². The Kier molecular flexibility index (Phi) is 5.67. The Balaban J connectivity index is 1.60. The predicted octanol–water partition coefficient (Wildman–Crippen LogP) is 4.95. The summed E-state index contributed by atoms with van der Waals surface area (Å²) in [5.74, 6) is -0.112. The lowest BCUT2D eigenvalue weighted by Crippen LogP contribution is -2.29. The standard InChI is InChI=1S/C26H24N4O3S/c1-16-14-21(17(2)30(16)19-10-8-18(9-11-19)25(31)32)24-23(22-7-3-4-12-27-22)28-26(34)29(24)15-20-6-5-13-33-20/h3-14,23-24H,15H2,1-2H3,(H,28,34)(H,31,32). The molecule has 0 amide bonds. The monoisotopic (exact) mass is 472 g/mol. The second-order valence-corrected chi connectivity index (χ2v) is 8.73. The fourth-order valence-corrected chi connectivity index (χ4v) is 5.03. The van der Waals surface area contributed by atoms with Crippen LogP contribution in [0.1, 0.15) is 50.8 Å². The van der Waals surface area contributed by atoms with Crippen LogP contribution in [0.15, 0.2) is 77.5 Å². The fourth-order valence-electron chi connectivity index (χ4n) is 4.72. The molecule has 2 N–H and O–H groups in total. The predicted molar refractivity (Wildman–Crippen MR) is 132 cm³/mol. The molecule has 5 rings (SSSR count). The summed E-state index contributed by atoms with van der Waals surface area (Å²) >= 11 is 5.77. The van der Waals surface area contributed by atoms with E-state index in [0.717, 1.165) is 34.1 Å². The van der Waals surface area contributed by atoms with E-state index in [0.29, 0.717) is 11.7 Å². The summed E-state index contributed by atoms with van der Waals surface area (Å²) in [6, 6.07) is 18.6. The first kappa shape index (κ1) is 21.9. The first-order chi connectivity index (χ1) is 16.4. The normalized spacial score (nSPS) is 17.7. The van der Waals surface area contributed by atoms with Crippen molar-refractivity contribution in [3.05, 3.63) is 107 Å². The maximum Gasteiger partial charge on any atom is 0.335 e. The van der Waals surface area contributed by atoms with Crippen LogP contribution in [0.5, 0.6) is 0 Å². The number of carboxylic acid groups (broad SMARTS) is 1. The number of thiocarbonyl (C=S) groups is 1. The number of aromatic nitrogens is 2. The van der Waals surface area contributed by atoms with E-state index in [1.165, 1.54) is 0 Å². The van der Waals surface area contributed by atoms with Crippen LogP contribution in [0.2, 0.25) is 0 Å². The number of furan rings is 1. The van der Waals surface area contributed by atoms with E-state index in [9.17, 15) is 9.90 Å². The van der Waals surface area contributed by atoms with E-state index < -0.39 is 5.97 Å². The lowest BCUT2D eigenvalue weighted by Gasteiger charge is -2.27. The molecule has 0 bridgehead atoms.